The number of methoxy groups -OCH3 is 1. The lowest BCUT2D eigenvalue weighted by atomic mass is 9.90. The first-order valence-electron chi connectivity index (χ1n) is 6.85. The third kappa shape index (κ3) is 4.93. The molecule has 0 radical (unpaired) electrons. The Balaban J connectivity index is 2.77. The summed E-state index contributed by atoms with van der Waals surface area (Å²) in [6.07, 6.45) is 0.979. The van der Waals surface area contributed by atoms with Crippen molar-refractivity contribution < 1.29 is 9.53 Å². The lowest BCUT2D eigenvalue weighted by Crippen LogP contribution is -2.32. The van der Waals surface area contributed by atoms with E-state index < -0.39 is 0 Å². The van der Waals surface area contributed by atoms with Crippen molar-refractivity contribution in [2.75, 3.05) is 12.4 Å². The minimum absolute atomic E-state index is 0.0181. The first kappa shape index (κ1) is 15.5. The Bertz CT molecular complexity index is 398. The second-order valence-corrected chi connectivity index (χ2v) is 5.51. The molecule has 1 aromatic rings. The topological polar surface area (TPSA) is 38.3 Å². The largest absolute Gasteiger partial charge is 0.497 e. The zero-order valence-electron chi connectivity index (χ0n) is 12.6. The third-order valence-electron chi connectivity index (χ3n) is 3.41. The van der Waals surface area contributed by atoms with Crippen LogP contribution in [-0.4, -0.2) is 18.9 Å². The van der Waals surface area contributed by atoms with E-state index in [-0.39, 0.29) is 17.7 Å². The van der Waals surface area contributed by atoms with Crippen molar-refractivity contribution in [2.45, 2.75) is 40.2 Å². The van der Waals surface area contributed by atoms with Crippen molar-refractivity contribution in [3.05, 3.63) is 24.3 Å². The molecule has 0 bridgehead atoms. The fourth-order valence-electron chi connectivity index (χ4n) is 2.08. The molecule has 0 aliphatic heterocycles. The van der Waals surface area contributed by atoms with Crippen molar-refractivity contribution in [3.8, 4) is 5.75 Å². The van der Waals surface area contributed by atoms with E-state index in [1.165, 1.54) is 0 Å². The summed E-state index contributed by atoms with van der Waals surface area (Å²) in [5.41, 5.74) is 1.03. The Morgan fingerprint density at radius 3 is 2.21 bits per heavy atom. The number of carbonyl (C=O) groups is 1. The standard InChI is InChI=1S/C16H25NO2/c1-11(2)10-16(12(3)13(4)18)17-14-6-8-15(19-5)9-7-14/h6-9,11-12,16-17H,10H2,1-5H3/t12-,16-/m1/s1. The van der Waals surface area contributed by atoms with Gasteiger partial charge < -0.3 is 10.1 Å². The second-order valence-electron chi connectivity index (χ2n) is 5.51. The Morgan fingerprint density at radius 1 is 1.21 bits per heavy atom. The Hall–Kier alpha value is -1.51. The van der Waals surface area contributed by atoms with Crippen LogP contribution >= 0.6 is 0 Å². The molecule has 0 unspecified atom stereocenters. The maximum Gasteiger partial charge on any atom is 0.134 e. The first-order chi connectivity index (χ1) is 8.93. The van der Waals surface area contributed by atoms with E-state index in [1.54, 1.807) is 14.0 Å². The van der Waals surface area contributed by atoms with Crippen molar-refractivity contribution in [2.24, 2.45) is 11.8 Å². The molecule has 1 N–H and O–H groups in total. The van der Waals surface area contributed by atoms with Gasteiger partial charge >= 0.3 is 0 Å². The van der Waals surface area contributed by atoms with Gasteiger partial charge in [0.25, 0.3) is 0 Å². The van der Waals surface area contributed by atoms with Gasteiger partial charge in [-0.25, -0.2) is 0 Å². The lowest BCUT2D eigenvalue weighted by molar-refractivity contribution is -0.120. The summed E-state index contributed by atoms with van der Waals surface area (Å²) in [7, 11) is 1.65. The Labute approximate surface area is 116 Å². The van der Waals surface area contributed by atoms with E-state index in [9.17, 15) is 4.79 Å². The van der Waals surface area contributed by atoms with E-state index in [1.807, 2.05) is 31.2 Å². The van der Waals surface area contributed by atoms with Crippen LogP contribution in [0.3, 0.4) is 0 Å². The molecule has 1 rings (SSSR count). The SMILES string of the molecule is COc1ccc(N[C@H](CC(C)C)[C@H](C)C(C)=O)cc1. The summed E-state index contributed by atoms with van der Waals surface area (Å²) in [6.45, 7) is 8.00. The molecule has 0 heterocycles. The number of Topliss-reactive ketones (excluding diaryl/α,β-unsaturated/α-hetero) is 1. The lowest BCUT2D eigenvalue weighted by Gasteiger charge is -2.26. The van der Waals surface area contributed by atoms with Gasteiger partial charge in [-0.2, -0.15) is 0 Å². The fraction of sp³-hybridized carbons (Fsp3) is 0.562. The number of benzene rings is 1. The molecule has 3 heteroatoms. The highest BCUT2D eigenvalue weighted by molar-refractivity contribution is 5.79. The van der Waals surface area contributed by atoms with Crippen LogP contribution in [0.4, 0.5) is 5.69 Å². The van der Waals surface area contributed by atoms with Crippen LogP contribution in [0.2, 0.25) is 0 Å². The maximum absolute atomic E-state index is 11.6. The van der Waals surface area contributed by atoms with Gasteiger partial charge in [-0.1, -0.05) is 20.8 Å². The van der Waals surface area contributed by atoms with Crippen LogP contribution in [-0.2, 0) is 4.79 Å². The number of ketones is 1. The summed E-state index contributed by atoms with van der Waals surface area (Å²) in [5.74, 6) is 1.64. The van der Waals surface area contributed by atoms with Gasteiger partial charge in [-0.3, -0.25) is 4.79 Å². The first-order valence-corrected chi connectivity index (χ1v) is 6.85. The average Bonchev–Trinajstić information content (AvgIpc) is 2.37. The average molecular weight is 263 g/mol. The van der Waals surface area contributed by atoms with Gasteiger partial charge in [0.1, 0.15) is 11.5 Å². The van der Waals surface area contributed by atoms with Gasteiger partial charge in [0.05, 0.1) is 7.11 Å². The summed E-state index contributed by atoms with van der Waals surface area (Å²) in [4.78, 5) is 11.6. The second kappa shape index (κ2) is 7.17. The highest BCUT2D eigenvalue weighted by Gasteiger charge is 2.21. The molecule has 0 amide bonds. The zero-order valence-corrected chi connectivity index (χ0v) is 12.6. The summed E-state index contributed by atoms with van der Waals surface area (Å²) in [5, 5.41) is 3.47. The van der Waals surface area contributed by atoms with Crippen LogP contribution in [0, 0.1) is 11.8 Å². The van der Waals surface area contributed by atoms with Crippen LogP contribution in [0.1, 0.15) is 34.1 Å². The van der Waals surface area contributed by atoms with Gasteiger partial charge in [0.15, 0.2) is 0 Å². The van der Waals surface area contributed by atoms with E-state index in [0.29, 0.717) is 5.92 Å². The highest BCUT2D eigenvalue weighted by Crippen LogP contribution is 2.21. The van der Waals surface area contributed by atoms with Gasteiger partial charge in [-0.15, -0.1) is 0 Å². The molecule has 0 aromatic heterocycles. The van der Waals surface area contributed by atoms with Crippen molar-refractivity contribution in [1.29, 1.82) is 0 Å². The minimum Gasteiger partial charge on any atom is -0.497 e. The van der Waals surface area contributed by atoms with E-state index in [0.717, 1.165) is 17.9 Å². The van der Waals surface area contributed by atoms with E-state index in [2.05, 4.69) is 19.2 Å². The molecule has 0 aliphatic carbocycles. The molecule has 0 saturated carbocycles. The van der Waals surface area contributed by atoms with Crippen LogP contribution in [0.25, 0.3) is 0 Å². The summed E-state index contributed by atoms with van der Waals surface area (Å²) >= 11 is 0. The number of ether oxygens (including phenoxy) is 1. The molecule has 1 aromatic carbocycles. The van der Waals surface area contributed by atoms with Crippen molar-refractivity contribution in [3.63, 3.8) is 0 Å². The number of anilines is 1. The Kier molecular flexibility index (Phi) is 5.87. The quantitative estimate of drug-likeness (QED) is 0.814. The third-order valence-corrected chi connectivity index (χ3v) is 3.41. The maximum atomic E-state index is 11.6. The molecular formula is C16H25NO2. The van der Waals surface area contributed by atoms with Crippen LogP contribution in [0.15, 0.2) is 24.3 Å². The van der Waals surface area contributed by atoms with E-state index >= 15 is 0 Å². The molecule has 0 aliphatic rings. The smallest absolute Gasteiger partial charge is 0.134 e. The number of rotatable bonds is 7. The molecule has 0 spiro atoms. The Morgan fingerprint density at radius 2 is 1.79 bits per heavy atom. The van der Waals surface area contributed by atoms with Gasteiger partial charge in [0, 0.05) is 17.6 Å². The fourth-order valence-corrected chi connectivity index (χ4v) is 2.08. The molecule has 3 nitrogen and oxygen atoms in total. The van der Waals surface area contributed by atoms with Crippen molar-refractivity contribution >= 4 is 11.5 Å². The predicted octanol–water partition coefficient (Wildman–Crippen LogP) is 3.75. The van der Waals surface area contributed by atoms with Crippen molar-refractivity contribution in [1.82, 2.24) is 0 Å². The molecule has 0 fully saturated rings. The van der Waals surface area contributed by atoms with E-state index in [4.69, 9.17) is 4.74 Å². The van der Waals surface area contributed by atoms with Gasteiger partial charge in [-0.05, 0) is 43.5 Å². The zero-order chi connectivity index (χ0) is 14.4. The molecular weight excluding hydrogens is 238 g/mol. The number of hydrogen-bond donors (Lipinski definition) is 1. The minimum atomic E-state index is 0.0181. The molecule has 2 atom stereocenters. The van der Waals surface area contributed by atoms with Crippen LogP contribution < -0.4 is 10.1 Å². The summed E-state index contributed by atoms with van der Waals surface area (Å²) in [6, 6.07) is 7.99. The summed E-state index contributed by atoms with van der Waals surface area (Å²) < 4.78 is 5.14. The molecule has 0 saturated heterocycles. The highest BCUT2D eigenvalue weighted by atomic mass is 16.5. The monoisotopic (exact) mass is 263 g/mol. The number of carbonyl (C=O) groups excluding carboxylic acids is 1. The molecule has 19 heavy (non-hydrogen) atoms. The predicted molar refractivity (Wildman–Crippen MR) is 79.7 cm³/mol. The van der Waals surface area contributed by atoms with Gasteiger partial charge in [0.2, 0.25) is 0 Å². The van der Waals surface area contributed by atoms with Crippen LogP contribution in [0.5, 0.6) is 5.75 Å². The normalized spacial score (nSPS) is 14.0. The number of hydrogen-bond acceptors (Lipinski definition) is 3. The molecule has 106 valence electrons. The number of nitrogens with one attached hydrogen (secondary N) is 1.